The van der Waals surface area contributed by atoms with Crippen LogP contribution in [-0.2, 0) is 14.9 Å². The third-order valence-corrected chi connectivity index (χ3v) is 7.05. The number of aryl methyl sites for hydroxylation is 1. The predicted octanol–water partition coefficient (Wildman–Crippen LogP) is 4.37. The Kier molecular flexibility index (Phi) is 7.77. The van der Waals surface area contributed by atoms with Crippen LogP contribution in [0, 0.1) is 24.2 Å². The van der Waals surface area contributed by atoms with E-state index >= 15 is 0 Å². The lowest BCUT2D eigenvalue weighted by Crippen LogP contribution is -2.41. The maximum absolute atomic E-state index is 12.6. The summed E-state index contributed by atoms with van der Waals surface area (Å²) in [6.07, 6.45) is 5.62. The van der Waals surface area contributed by atoms with Gasteiger partial charge in [-0.3, -0.25) is 4.79 Å². The second kappa shape index (κ2) is 10.5. The molecule has 1 N–H and O–H groups in total. The van der Waals surface area contributed by atoms with Gasteiger partial charge in [0.2, 0.25) is 0 Å². The Labute approximate surface area is 195 Å². The van der Waals surface area contributed by atoms with Crippen LogP contribution >= 0.6 is 0 Å². The van der Waals surface area contributed by atoms with Gasteiger partial charge in [-0.05, 0) is 61.6 Å². The first-order valence-electron chi connectivity index (χ1n) is 10.9. The molecule has 8 heteroatoms. The number of nitrogens with zero attached hydrogens (tertiary/aromatic N) is 1. The molecule has 33 heavy (non-hydrogen) atoms. The van der Waals surface area contributed by atoms with Gasteiger partial charge in [0.25, 0.3) is 5.91 Å². The summed E-state index contributed by atoms with van der Waals surface area (Å²) in [5.41, 5.74) is 1.41. The van der Waals surface area contributed by atoms with E-state index in [9.17, 15) is 18.5 Å². The molecule has 2 aromatic carbocycles. The third-order valence-electron chi connectivity index (χ3n) is 5.80. The zero-order chi connectivity index (χ0) is 24.0. The van der Waals surface area contributed by atoms with Crippen molar-refractivity contribution in [2.45, 2.75) is 50.5 Å². The van der Waals surface area contributed by atoms with Crippen LogP contribution < -0.4 is 14.2 Å². The van der Waals surface area contributed by atoms with Crippen molar-refractivity contribution in [3.63, 3.8) is 0 Å². The van der Waals surface area contributed by atoms with Crippen LogP contribution in [0.15, 0.2) is 52.9 Å². The molecule has 0 aromatic heterocycles. The van der Waals surface area contributed by atoms with Gasteiger partial charge in [-0.1, -0.05) is 43.5 Å². The van der Waals surface area contributed by atoms with Crippen molar-refractivity contribution in [1.82, 2.24) is 5.32 Å². The van der Waals surface area contributed by atoms with Crippen molar-refractivity contribution in [3.8, 4) is 17.6 Å². The normalized spacial score (nSPS) is 18.8. The molecule has 0 spiro atoms. The molecule has 174 valence electrons. The molecule has 2 atom stereocenters. The second-order valence-electron chi connectivity index (χ2n) is 8.27. The fraction of sp³-hybridized carbons (Fsp3) is 0.360. The molecule has 1 aliphatic carbocycles. The minimum Gasteiger partial charge on any atom is -0.493 e. The van der Waals surface area contributed by atoms with Crippen LogP contribution in [0.3, 0.4) is 0 Å². The van der Waals surface area contributed by atoms with Crippen LogP contribution in [0.25, 0.3) is 6.08 Å². The highest BCUT2D eigenvalue weighted by molar-refractivity contribution is 7.87. The van der Waals surface area contributed by atoms with Crippen molar-refractivity contribution < 1.29 is 22.1 Å². The lowest BCUT2D eigenvalue weighted by Gasteiger charge is -2.29. The summed E-state index contributed by atoms with van der Waals surface area (Å²) >= 11 is 0. The van der Waals surface area contributed by atoms with Crippen molar-refractivity contribution in [2.24, 2.45) is 5.92 Å². The Morgan fingerprint density at radius 3 is 2.45 bits per heavy atom. The molecule has 7 nitrogen and oxygen atoms in total. The maximum atomic E-state index is 12.6. The predicted molar refractivity (Wildman–Crippen MR) is 125 cm³/mol. The summed E-state index contributed by atoms with van der Waals surface area (Å²) in [4.78, 5) is 12.7. The van der Waals surface area contributed by atoms with E-state index in [-0.39, 0.29) is 28.0 Å². The molecule has 2 aromatic rings. The zero-order valence-electron chi connectivity index (χ0n) is 19.0. The molecule has 0 unspecified atom stereocenters. The van der Waals surface area contributed by atoms with Crippen molar-refractivity contribution in [1.29, 1.82) is 5.26 Å². The summed E-state index contributed by atoms with van der Waals surface area (Å²) in [5, 5.41) is 12.5. The Balaban J connectivity index is 1.80. The van der Waals surface area contributed by atoms with Gasteiger partial charge in [0, 0.05) is 6.04 Å². The van der Waals surface area contributed by atoms with Crippen LogP contribution in [0.2, 0.25) is 0 Å². The van der Waals surface area contributed by atoms with E-state index in [0.29, 0.717) is 11.5 Å². The molecule has 1 amide bonds. The van der Waals surface area contributed by atoms with Crippen LogP contribution in [0.4, 0.5) is 0 Å². The molecule has 0 heterocycles. The summed E-state index contributed by atoms with van der Waals surface area (Å²) in [7, 11) is -2.66. The summed E-state index contributed by atoms with van der Waals surface area (Å²) < 4.78 is 35.8. The number of ether oxygens (including phenoxy) is 1. The number of nitriles is 1. The minimum absolute atomic E-state index is 0.00853. The first-order chi connectivity index (χ1) is 15.7. The van der Waals surface area contributed by atoms with Gasteiger partial charge < -0.3 is 14.2 Å². The highest BCUT2D eigenvalue weighted by atomic mass is 32.2. The van der Waals surface area contributed by atoms with Crippen LogP contribution in [0.5, 0.6) is 11.5 Å². The molecule has 0 saturated heterocycles. The molecule has 1 aliphatic rings. The van der Waals surface area contributed by atoms with Gasteiger partial charge in [0.15, 0.2) is 11.5 Å². The van der Waals surface area contributed by atoms with Crippen molar-refractivity contribution >= 4 is 22.1 Å². The van der Waals surface area contributed by atoms with E-state index in [4.69, 9.17) is 8.92 Å². The van der Waals surface area contributed by atoms with Gasteiger partial charge >= 0.3 is 10.1 Å². The standard InChI is InChI=1S/C25H28N2O5S/c1-17-8-11-21(12-9-17)33(29,30)32-23-13-10-19(15-24(23)31-3)14-20(16-26)25(28)27-22-7-5-4-6-18(22)2/h8-15,18,22H,4-7H2,1-3H3,(H,27,28)/b20-14+/t18-,22+/m1/s1. The van der Waals surface area contributed by atoms with E-state index in [2.05, 4.69) is 12.2 Å². The monoisotopic (exact) mass is 468 g/mol. The Morgan fingerprint density at radius 1 is 1.12 bits per heavy atom. The number of hydrogen-bond acceptors (Lipinski definition) is 6. The molecule has 1 fully saturated rings. The molecule has 3 rings (SSSR count). The van der Waals surface area contributed by atoms with Gasteiger partial charge in [-0.15, -0.1) is 0 Å². The van der Waals surface area contributed by atoms with Crippen molar-refractivity contribution in [2.75, 3.05) is 7.11 Å². The number of benzene rings is 2. The van der Waals surface area contributed by atoms with E-state index in [1.165, 1.54) is 37.5 Å². The minimum atomic E-state index is -4.05. The first kappa shape index (κ1) is 24.3. The van der Waals surface area contributed by atoms with Crippen molar-refractivity contribution in [3.05, 3.63) is 59.2 Å². The average molecular weight is 469 g/mol. The van der Waals surface area contributed by atoms with E-state index in [1.807, 2.05) is 13.0 Å². The quantitative estimate of drug-likeness (QED) is 0.367. The van der Waals surface area contributed by atoms with Gasteiger partial charge in [-0.25, -0.2) is 0 Å². The number of nitrogens with one attached hydrogen (secondary N) is 1. The first-order valence-corrected chi connectivity index (χ1v) is 12.3. The lowest BCUT2D eigenvalue weighted by atomic mass is 9.86. The maximum Gasteiger partial charge on any atom is 0.339 e. The second-order valence-corrected chi connectivity index (χ2v) is 9.82. The zero-order valence-corrected chi connectivity index (χ0v) is 19.8. The third kappa shape index (κ3) is 6.14. The number of hydrogen-bond donors (Lipinski definition) is 1. The highest BCUT2D eigenvalue weighted by Crippen LogP contribution is 2.32. The average Bonchev–Trinajstić information content (AvgIpc) is 2.79. The SMILES string of the molecule is COc1cc(/C=C(\C#N)C(=O)N[C@H]2CCCC[C@H]2C)ccc1OS(=O)(=O)c1ccc(C)cc1. The fourth-order valence-electron chi connectivity index (χ4n) is 3.81. The molecule has 1 saturated carbocycles. The number of carbonyl (C=O) groups excluding carboxylic acids is 1. The van der Waals surface area contributed by atoms with E-state index < -0.39 is 16.0 Å². The Hall–Kier alpha value is -3.31. The molecular weight excluding hydrogens is 440 g/mol. The Bertz CT molecular complexity index is 1180. The smallest absolute Gasteiger partial charge is 0.339 e. The number of methoxy groups -OCH3 is 1. The van der Waals surface area contributed by atoms with E-state index in [1.54, 1.807) is 18.2 Å². The van der Waals surface area contributed by atoms with Crippen LogP contribution in [-0.4, -0.2) is 27.5 Å². The lowest BCUT2D eigenvalue weighted by molar-refractivity contribution is -0.118. The largest absolute Gasteiger partial charge is 0.493 e. The van der Waals surface area contributed by atoms with Gasteiger partial charge in [0.1, 0.15) is 16.5 Å². The molecule has 0 bridgehead atoms. The van der Waals surface area contributed by atoms with E-state index in [0.717, 1.165) is 31.2 Å². The fourth-order valence-corrected chi connectivity index (χ4v) is 4.75. The molecule has 0 radical (unpaired) electrons. The summed E-state index contributed by atoms with van der Waals surface area (Å²) in [6.45, 7) is 3.96. The topological polar surface area (TPSA) is 105 Å². The van der Waals surface area contributed by atoms with Gasteiger partial charge in [-0.2, -0.15) is 13.7 Å². The summed E-state index contributed by atoms with van der Waals surface area (Å²) in [5.74, 6) is 0.124. The number of amides is 1. The number of carbonyl (C=O) groups is 1. The van der Waals surface area contributed by atoms with Crippen LogP contribution in [0.1, 0.15) is 43.7 Å². The van der Waals surface area contributed by atoms with Gasteiger partial charge in [0.05, 0.1) is 7.11 Å². The summed E-state index contributed by atoms with van der Waals surface area (Å²) in [6, 6.07) is 12.8. The Morgan fingerprint density at radius 2 is 1.82 bits per heavy atom. The molecular formula is C25H28N2O5S. The number of rotatable bonds is 7. The molecule has 0 aliphatic heterocycles. The highest BCUT2D eigenvalue weighted by Gasteiger charge is 2.24.